The molecule has 0 aliphatic rings. The van der Waals surface area contributed by atoms with Crippen molar-refractivity contribution in [2.45, 2.75) is 229 Å². The van der Waals surface area contributed by atoms with Crippen molar-refractivity contribution in [3.8, 4) is 56.3 Å². The van der Waals surface area contributed by atoms with Gasteiger partial charge in [-0.3, -0.25) is 0 Å². The lowest BCUT2D eigenvalue weighted by Crippen LogP contribution is -2.33. The van der Waals surface area contributed by atoms with Gasteiger partial charge in [0.05, 0.1) is 0 Å². The van der Waals surface area contributed by atoms with Crippen molar-refractivity contribution in [2.24, 2.45) is 35.2 Å². The molecule has 0 amide bonds. The van der Waals surface area contributed by atoms with E-state index in [0.717, 1.165) is 77.9 Å². The van der Waals surface area contributed by atoms with Crippen LogP contribution in [-0.2, 0) is 35.2 Å². The predicted octanol–water partition coefficient (Wildman–Crippen LogP) is 22.4. The van der Waals surface area contributed by atoms with Crippen molar-refractivity contribution in [1.82, 2.24) is 0 Å². The highest BCUT2D eigenvalue weighted by Gasteiger charge is 2.24. The summed E-state index contributed by atoms with van der Waals surface area (Å²) in [4.78, 5) is 0. The van der Waals surface area contributed by atoms with Gasteiger partial charge in [-0.15, -0.1) is 0 Å². The summed E-state index contributed by atoms with van der Waals surface area (Å²) in [6, 6.07) is 18.2. The molecule has 5 heterocycles. The third kappa shape index (κ3) is 19.0. The Morgan fingerprint density at radius 1 is 0.263 bits per heavy atom. The second kappa shape index (κ2) is 33.8. The fourth-order valence-electron chi connectivity index (χ4n) is 10.6. The molecule has 0 saturated carbocycles. The Bertz CT molecular complexity index is 7500. The molecule has 5 heteroatoms. The Hall–Kier alpha value is -8.15. The molecular weight excluding hydrogens is 1200 g/mol. The maximum absolute atomic E-state index is 8.66. The van der Waals surface area contributed by atoms with Gasteiger partial charge < -0.3 is 0 Å². The molecule has 0 aliphatic carbocycles. The predicted molar refractivity (Wildman–Crippen MR) is 426 cm³/mol. The Morgan fingerprint density at radius 3 is 1.10 bits per heavy atom. The molecule has 0 radical (unpaired) electrons. The van der Waals surface area contributed by atoms with Crippen LogP contribution >= 0.6 is 0 Å². The van der Waals surface area contributed by atoms with Gasteiger partial charge in [-0.2, -0.15) is 0 Å². The van der Waals surface area contributed by atoms with Crippen molar-refractivity contribution in [1.29, 1.82) is 0 Å². The van der Waals surface area contributed by atoms with Gasteiger partial charge >= 0.3 is 0 Å². The molecule has 0 spiro atoms. The van der Waals surface area contributed by atoms with Crippen molar-refractivity contribution >= 4 is 0 Å². The Balaban J connectivity index is 0.000000334. The van der Waals surface area contributed by atoms with E-state index in [1.54, 1.807) is 20.9 Å². The molecule has 5 nitrogen and oxygen atoms in total. The molecular formula is C94H128N5+5. The Labute approximate surface area is 711 Å². The van der Waals surface area contributed by atoms with Crippen LogP contribution in [0.4, 0.5) is 0 Å². The Kier molecular flexibility index (Phi) is 8.38. The van der Waals surface area contributed by atoms with Crippen molar-refractivity contribution in [2.75, 3.05) is 0 Å². The van der Waals surface area contributed by atoms with Gasteiger partial charge in [-0.25, -0.2) is 22.8 Å². The lowest BCUT2D eigenvalue weighted by Gasteiger charge is -2.16. The minimum absolute atomic E-state index is 0.00344. The van der Waals surface area contributed by atoms with Crippen LogP contribution < -0.4 is 22.8 Å². The van der Waals surface area contributed by atoms with E-state index in [0.29, 0.717) is 16.7 Å². The first-order valence-corrected chi connectivity index (χ1v) is 29.6. The standard InChI is InChI=1S/C21H30N.2C19H26N.C18H24N.C17H22N/c1-13(2)18-10-20(16(6)9-15(18)5)21-11-19(14(3)4)17(7)12-22(21)8;1-12(2)17-10-18(15(5)8-14(17)4)19-9-13(3)16(6)11-20(19)7;1-12(2)17-8-9-18(13(3)10-17)19-16(6)15(5)14(4)11-20(19)7;1-12(2)16-7-8-19(6)18(11-16)17-10-14(4)13(3)9-15(17)5;1-11-7-8-16(12(2)9-11)17-15(5)14(4)13(3)10-18(17)6/h9-14H,1-8H3;2*8-12H,1-7H3;7-12H,1-6H3;7-10H,1-6H3/q5*+1/i1D3,2D3,3D3,4D3,5D3,7D3,13D,14D;1D3,2D3,3D3,4D3,6D3,12D;1D3,2D3,4D3,5D3,6D3,12D;1D3,2D3,3D3,4D3,12D;1D3,3D3,4D3,5D3. The molecule has 0 bridgehead atoms. The summed E-state index contributed by atoms with van der Waals surface area (Å²) in [5, 5.41) is 0. The summed E-state index contributed by atoms with van der Waals surface area (Å²) in [5.74, 6) is -16.2. The van der Waals surface area contributed by atoms with Crippen molar-refractivity contribution in [3.05, 3.63) is 262 Å². The van der Waals surface area contributed by atoms with Crippen LogP contribution in [0.25, 0.3) is 56.3 Å². The number of benzene rings is 5. The highest BCUT2D eigenvalue weighted by Crippen LogP contribution is 2.35. The molecule has 0 fully saturated rings. The van der Waals surface area contributed by atoms with Gasteiger partial charge in [0.2, 0.25) is 28.5 Å². The summed E-state index contributed by atoms with van der Waals surface area (Å²) >= 11 is 0. The minimum atomic E-state index is -3.58. The van der Waals surface area contributed by atoms with Crippen LogP contribution in [-0.4, -0.2) is 0 Å². The van der Waals surface area contributed by atoms with Crippen molar-refractivity contribution in [3.63, 3.8) is 0 Å². The minimum Gasteiger partial charge on any atom is -0.201 e. The third-order valence-electron chi connectivity index (χ3n) is 15.8. The van der Waals surface area contributed by atoms with E-state index in [4.69, 9.17) is 106 Å². The monoisotopic (exact) mass is 1400 g/mol. The number of hydrogen-bond donors (Lipinski definition) is 0. The largest absolute Gasteiger partial charge is 0.215 e. The van der Waals surface area contributed by atoms with E-state index in [1.165, 1.54) is 122 Å². The maximum Gasteiger partial charge on any atom is 0.215 e. The Morgan fingerprint density at radius 2 is 0.646 bits per heavy atom. The maximum atomic E-state index is 8.66. The zero-order chi connectivity index (χ0) is 139. The topological polar surface area (TPSA) is 19.4 Å². The highest BCUT2D eigenvalue weighted by molar-refractivity contribution is 5.69. The van der Waals surface area contributed by atoms with Gasteiger partial charge in [-0.05, 0) is 285 Å². The summed E-state index contributed by atoms with van der Waals surface area (Å²) in [6.07, 6.45) is 5.49. The average molecular weight is 1410 g/mol. The van der Waals surface area contributed by atoms with Crippen LogP contribution in [0.3, 0.4) is 0 Å². The molecule has 10 rings (SSSR count). The van der Waals surface area contributed by atoms with E-state index in [9.17, 15) is 0 Å². The van der Waals surface area contributed by atoms with Crippen LogP contribution in [0.5, 0.6) is 0 Å². The molecule has 5 aromatic heterocycles. The summed E-state index contributed by atoms with van der Waals surface area (Å²) in [6.45, 7) is -67.2. The second-order valence-electron chi connectivity index (χ2n) is 23.2. The normalized spacial score (nSPS) is 26.3. The summed E-state index contributed by atoms with van der Waals surface area (Å²) in [7, 11) is 7.05. The van der Waals surface area contributed by atoms with Crippen LogP contribution in [0.2, 0.25) is 0 Å². The van der Waals surface area contributed by atoms with Crippen LogP contribution in [0.15, 0.2) is 128 Å². The molecule has 0 unspecified atom stereocenters. The van der Waals surface area contributed by atoms with Gasteiger partial charge in [0.15, 0.2) is 31.0 Å². The van der Waals surface area contributed by atoms with Gasteiger partial charge in [0, 0.05) is 191 Å². The fraction of sp³-hybridized carbons (Fsp3) is 0.415. The number of hydrogen-bond acceptors (Lipinski definition) is 0. The quantitative estimate of drug-likeness (QED) is 0.122. The first-order chi connectivity index (χ1) is 77.1. The lowest BCUT2D eigenvalue weighted by molar-refractivity contribution is -0.661. The number of nitrogens with zero attached hydrogens (tertiary/aromatic N) is 5. The van der Waals surface area contributed by atoms with Crippen LogP contribution in [0, 0.1) is 131 Å². The first-order valence-electron chi connectivity index (χ1n) is 68.1. The summed E-state index contributed by atoms with van der Waals surface area (Å²) in [5.41, 5.74) is -9.25. The number of aromatic nitrogens is 5. The molecule has 0 aliphatic heterocycles. The second-order valence-corrected chi connectivity index (χ2v) is 23.2. The number of aryl methyl sites for hydroxylation is 20. The van der Waals surface area contributed by atoms with E-state index >= 15 is 0 Å². The van der Waals surface area contributed by atoms with E-state index in [2.05, 4.69) is 0 Å². The zero-order valence-corrected chi connectivity index (χ0v) is 55.9. The molecule has 0 saturated heterocycles. The smallest absolute Gasteiger partial charge is 0.201 e. The average Bonchev–Trinajstić information content (AvgIpc) is 0.699. The third-order valence-corrected chi connectivity index (χ3v) is 15.8. The van der Waals surface area contributed by atoms with E-state index in [1.807, 2.05) is 0 Å². The molecule has 5 aromatic carbocycles. The zero-order valence-electron chi connectivity index (χ0n) is 133. The van der Waals surface area contributed by atoms with Gasteiger partial charge in [0.1, 0.15) is 35.2 Å². The van der Waals surface area contributed by atoms with Crippen molar-refractivity contribution < 1.29 is 128 Å². The molecule has 99 heavy (non-hydrogen) atoms. The molecule has 0 N–H and O–H groups in total. The molecule has 0 atom stereocenters. The van der Waals surface area contributed by atoms with Crippen LogP contribution in [0.1, 0.15) is 337 Å². The lowest BCUT2D eigenvalue weighted by atomic mass is 9.90. The molecule has 10 aromatic rings. The number of pyridine rings is 5. The van der Waals surface area contributed by atoms with Gasteiger partial charge in [-0.1, -0.05) is 117 Å². The summed E-state index contributed by atoms with van der Waals surface area (Å²) < 4.78 is 612. The fourth-order valence-corrected chi connectivity index (χ4v) is 10.6. The highest BCUT2D eigenvalue weighted by atomic mass is 14.9. The van der Waals surface area contributed by atoms with Gasteiger partial charge in [0.25, 0.3) is 0 Å². The van der Waals surface area contributed by atoms with E-state index in [-0.39, 0.29) is 95.2 Å². The SMILES string of the molecule is [2H]C([2H])([2H])c1c[n+](C)c(-c2ccc(C([2H])(C([2H])([2H])[2H])C([2H])([2H])[2H])cc2C)c(C([2H])([2H])[2H])c1C([2H])([2H])[2H].[2H]C([2H])([2H])c1cc(-c2cc(C([2H])(C([2H])([2H])[2H])C([2H])([2H])[2H])c(C([2H])([2H])[2H])cc2C)[n+](C)cc1C([2H])([2H])[2H].[2H]C([2H])([2H])c1cc(C)c(-c2cc(C([2H])(C([2H])([2H])[2H])C([2H])([2H])[2H])c(C([2H])([2H])[2H])c[n+]2C)cc1C([2H])(C([2H])([2H])[2H])C([2H])([2H])[2H].[2H]C([2H])([2H])c1cc(C)c(-c2cc(C([2H])(C([2H])([2H])[2H])C([2H])([2H])[2H])cc[n+]2C)cc1C([2H])([2H])[2H].[2H]C([2H])([2H])c1ccc(-c2c(C([2H])([2H])[2H])c(C([2H])([2H])[2H])c(C([2H])([2H])[2H])c[n+]2C)c(C)c1. The molecule has 524 valence electrons. The first kappa shape index (κ1) is 24.5. The number of rotatable bonds is 10. The van der Waals surface area contributed by atoms with E-state index < -0.39 is 272 Å².